The van der Waals surface area contributed by atoms with Crippen LogP contribution >= 0.6 is 11.6 Å². The number of hydrogen-bond acceptors (Lipinski definition) is 6. The van der Waals surface area contributed by atoms with Crippen molar-refractivity contribution in [1.82, 2.24) is 30.1 Å². The second-order valence-corrected chi connectivity index (χ2v) is 11.4. The predicted octanol–water partition coefficient (Wildman–Crippen LogP) is 2.43. The van der Waals surface area contributed by atoms with E-state index in [0.29, 0.717) is 31.0 Å². The largest absolute Gasteiger partial charge is 0.350 e. The van der Waals surface area contributed by atoms with E-state index in [-0.39, 0.29) is 36.5 Å². The summed E-state index contributed by atoms with van der Waals surface area (Å²) in [5.74, 6) is -0.395. The van der Waals surface area contributed by atoms with Crippen molar-refractivity contribution in [2.75, 3.05) is 19.6 Å². The predicted molar refractivity (Wildman–Crippen MR) is 152 cm³/mol. The summed E-state index contributed by atoms with van der Waals surface area (Å²) in [5, 5.41) is 11.8. The van der Waals surface area contributed by atoms with Crippen molar-refractivity contribution in [3.8, 4) is 0 Å². The molecule has 3 aromatic rings. The molecular formula is C29H36ClN7O3. The van der Waals surface area contributed by atoms with E-state index in [4.69, 9.17) is 17.3 Å². The number of nitrogens with one attached hydrogen (secondary N) is 1. The first-order valence-corrected chi connectivity index (χ1v) is 14.3. The van der Waals surface area contributed by atoms with E-state index in [0.717, 1.165) is 48.1 Å². The molecule has 3 amide bonds. The van der Waals surface area contributed by atoms with Gasteiger partial charge in [0.15, 0.2) is 0 Å². The van der Waals surface area contributed by atoms with E-state index in [9.17, 15) is 14.4 Å². The van der Waals surface area contributed by atoms with Gasteiger partial charge in [-0.3, -0.25) is 14.4 Å². The van der Waals surface area contributed by atoms with Gasteiger partial charge in [0.2, 0.25) is 17.7 Å². The van der Waals surface area contributed by atoms with Crippen molar-refractivity contribution in [2.24, 2.45) is 18.7 Å². The highest BCUT2D eigenvalue weighted by Gasteiger charge is 2.41. The summed E-state index contributed by atoms with van der Waals surface area (Å²) < 4.78 is 1.70. The molecule has 3 atom stereocenters. The third-order valence-corrected chi connectivity index (χ3v) is 8.21. The number of carbonyl (C=O) groups excluding carboxylic acids is 3. The molecule has 2 aromatic carbocycles. The Bertz CT molecular complexity index is 1390. The highest BCUT2D eigenvalue weighted by molar-refractivity contribution is 6.30. The quantitative estimate of drug-likeness (QED) is 0.410. The lowest BCUT2D eigenvalue weighted by Gasteiger charge is -2.27. The molecule has 2 saturated heterocycles. The van der Waals surface area contributed by atoms with Gasteiger partial charge in [-0.15, -0.1) is 5.10 Å². The van der Waals surface area contributed by atoms with Crippen molar-refractivity contribution in [1.29, 1.82) is 0 Å². The molecule has 40 heavy (non-hydrogen) atoms. The minimum atomic E-state index is -0.842. The van der Waals surface area contributed by atoms with E-state index >= 15 is 0 Å². The standard InChI is InChI=1S/C29H36ClN7O3/c1-35-25-9-7-20(15-24(25)33-34-35)17-32-28(39)26-16-21(13-19-5-4-6-22(30)14-19)18-37(26)29(40)23(31)8-10-27(38)36-11-2-3-12-36/h4-7,9,14-15,21,23,26H,2-3,8,10-13,16-18,31H2,1H3,(H,32,39). The van der Waals surface area contributed by atoms with Crippen LogP contribution in [0.15, 0.2) is 42.5 Å². The molecule has 0 aliphatic carbocycles. The molecule has 0 saturated carbocycles. The molecule has 0 radical (unpaired) electrons. The molecule has 3 unspecified atom stereocenters. The van der Waals surface area contributed by atoms with Crippen LogP contribution in [0.4, 0.5) is 0 Å². The van der Waals surface area contributed by atoms with Crippen LogP contribution in [0.25, 0.3) is 11.0 Å². The summed E-state index contributed by atoms with van der Waals surface area (Å²) in [5.41, 5.74) is 9.93. The summed E-state index contributed by atoms with van der Waals surface area (Å²) in [6.45, 7) is 2.26. The molecule has 3 N–H and O–H groups in total. The van der Waals surface area contributed by atoms with E-state index in [1.807, 2.05) is 54.4 Å². The molecule has 2 fully saturated rings. The number of halogens is 1. The number of nitrogens with zero attached hydrogens (tertiary/aromatic N) is 5. The SMILES string of the molecule is Cn1nnc2cc(CNC(=O)C3CC(Cc4cccc(Cl)c4)CN3C(=O)C(N)CCC(=O)N3CCCC3)ccc21. The van der Waals surface area contributed by atoms with Gasteiger partial charge in [-0.25, -0.2) is 4.68 Å². The number of amides is 3. The third kappa shape index (κ3) is 6.45. The number of hydrogen-bond donors (Lipinski definition) is 2. The van der Waals surface area contributed by atoms with E-state index in [1.54, 1.807) is 9.58 Å². The number of nitrogens with two attached hydrogens (primary N) is 1. The highest BCUT2D eigenvalue weighted by atomic mass is 35.5. The lowest BCUT2D eigenvalue weighted by molar-refractivity contribution is -0.140. The van der Waals surface area contributed by atoms with E-state index in [1.165, 1.54) is 0 Å². The summed E-state index contributed by atoms with van der Waals surface area (Å²) in [4.78, 5) is 42.9. The number of likely N-dealkylation sites (tertiary alicyclic amines) is 2. The highest BCUT2D eigenvalue weighted by Crippen LogP contribution is 2.29. The fourth-order valence-electron chi connectivity index (χ4n) is 5.80. The first kappa shape index (κ1) is 28.0. The average Bonchev–Trinajstić information content (AvgIpc) is 3.71. The third-order valence-electron chi connectivity index (χ3n) is 7.97. The van der Waals surface area contributed by atoms with Crippen LogP contribution in [0.2, 0.25) is 5.02 Å². The Balaban J connectivity index is 1.25. The Labute approximate surface area is 238 Å². The molecule has 1 aromatic heterocycles. The first-order valence-electron chi connectivity index (χ1n) is 13.9. The normalized spacial score (nSPS) is 19.8. The van der Waals surface area contributed by atoms with Gasteiger partial charge in [-0.1, -0.05) is 35.0 Å². The zero-order valence-corrected chi connectivity index (χ0v) is 23.5. The van der Waals surface area contributed by atoms with Crippen LogP contribution in [0.5, 0.6) is 0 Å². The molecular weight excluding hydrogens is 530 g/mol. The Hall–Kier alpha value is -3.50. The van der Waals surface area contributed by atoms with Gasteiger partial charge in [0.25, 0.3) is 0 Å². The molecule has 2 aliphatic rings. The van der Waals surface area contributed by atoms with Crippen molar-refractivity contribution in [3.63, 3.8) is 0 Å². The van der Waals surface area contributed by atoms with Gasteiger partial charge in [0.1, 0.15) is 11.6 Å². The van der Waals surface area contributed by atoms with Crippen LogP contribution in [0.1, 0.15) is 43.2 Å². The number of aromatic nitrogens is 3. The fourth-order valence-corrected chi connectivity index (χ4v) is 6.02. The zero-order valence-electron chi connectivity index (χ0n) is 22.8. The average molecular weight is 566 g/mol. The van der Waals surface area contributed by atoms with Crippen LogP contribution in [0.3, 0.4) is 0 Å². The number of carbonyl (C=O) groups is 3. The molecule has 0 spiro atoms. The second kappa shape index (κ2) is 12.3. The topological polar surface area (TPSA) is 126 Å². The lowest BCUT2D eigenvalue weighted by atomic mass is 9.96. The number of benzene rings is 2. The number of fused-ring (bicyclic) bond motifs is 1. The van der Waals surface area contributed by atoms with Gasteiger partial charge in [-0.2, -0.15) is 0 Å². The smallest absolute Gasteiger partial charge is 0.243 e. The fraction of sp³-hybridized carbons (Fsp3) is 0.483. The lowest BCUT2D eigenvalue weighted by Crippen LogP contribution is -2.51. The van der Waals surface area contributed by atoms with Gasteiger partial charge in [0.05, 0.1) is 11.6 Å². The molecule has 11 heteroatoms. The Morgan fingerprint density at radius 3 is 2.70 bits per heavy atom. The first-order chi connectivity index (χ1) is 19.3. The van der Waals surface area contributed by atoms with Gasteiger partial charge in [-0.05, 0) is 73.4 Å². The Morgan fingerprint density at radius 2 is 1.93 bits per heavy atom. The number of rotatable bonds is 9. The number of aryl methyl sites for hydroxylation is 1. The van der Waals surface area contributed by atoms with Crippen LogP contribution in [0, 0.1) is 5.92 Å². The van der Waals surface area contributed by atoms with Gasteiger partial charge >= 0.3 is 0 Å². The molecule has 0 bridgehead atoms. The molecule has 212 valence electrons. The van der Waals surface area contributed by atoms with Crippen LogP contribution in [-0.4, -0.2) is 74.2 Å². The van der Waals surface area contributed by atoms with Gasteiger partial charge < -0.3 is 20.9 Å². The molecule has 2 aliphatic heterocycles. The van der Waals surface area contributed by atoms with Gasteiger partial charge in [0, 0.05) is 44.7 Å². The maximum atomic E-state index is 13.5. The molecule has 3 heterocycles. The maximum absolute atomic E-state index is 13.5. The Kier molecular flexibility index (Phi) is 8.66. The van der Waals surface area contributed by atoms with Crippen molar-refractivity contribution >= 4 is 40.4 Å². The van der Waals surface area contributed by atoms with Crippen LogP contribution < -0.4 is 11.1 Å². The minimum Gasteiger partial charge on any atom is -0.350 e. The molecule has 10 nitrogen and oxygen atoms in total. The summed E-state index contributed by atoms with van der Waals surface area (Å²) in [7, 11) is 1.83. The zero-order chi connectivity index (χ0) is 28.2. The summed E-state index contributed by atoms with van der Waals surface area (Å²) in [6.07, 6.45) is 3.74. The molecule has 5 rings (SSSR count). The van der Waals surface area contributed by atoms with Crippen LogP contribution in [-0.2, 0) is 34.4 Å². The minimum absolute atomic E-state index is 0.0374. The van der Waals surface area contributed by atoms with Crippen molar-refractivity contribution in [2.45, 2.75) is 57.2 Å². The summed E-state index contributed by atoms with van der Waals surface area (Å²) >= 11 is 6.19. The summed E-state index contributed by atoms with van der Waals surface area (Å²) in [6, 6.07) is 11.9. The van der Waals surface area contributed by atoms with Crippen molar-refractivity contribution < 1.29 is 14.4 Å². The maximum Gasteiger partial charge on any atom is 0.243 e. The van der Waals surface area contributed by atoms with Crippen molar-refractivity contribution in [3.05, 3.63) is 58.6 Å². The Morgan fingerprint density at radius 1 is 1.12 bits per heavy atom. The van der Waals surface area contributed by atoms with E-state index < -0.39 is 12.1 Å². The monoisotopic (exact) mass is 565 g/mol. The second-order valence-electron chi connectivity index (χ2n) is 10.9. The van der Waals surface area contributed by atoms with E-state index in [2.05, 4.69) is 15.6 Å².